The molecule has 2 N–H and O–H groups in total. The lowest BCUT2D eigenvalue weighted by Crippen LogP contribution is -2.44. The van der Waals surface area contributed by atoms with E-state index >= 15 is 0 Å². The topological polar surface area (TPSA) is 70.7 Å². The lowest BCUT2D eigenvalue weighted by molar-refractivity contribution is -0.122. The summed E-state index contributed by atoms with van der Waals surface area (Å²) in [5, 5.41) is 5.96. The average molecular weight is 323 g/mol. The van der Waals surface area contributed by atoms with Crippen LogP contribution in [0.15, 0.2) is 29.2 Å². The lowest BCUT2D eigenvalue weighted by atomic mass is 10.2. The van der Waals surface area contributed by atoms with E-state index in [-0.39, 0.29) is 18.4 Å². The summed E-state index contributed by atoms with van der Waals surface area (Å²) in [6, 6.07) is 7.66. The Morgan fingerprint density at radius 3 is 2.95 bits per heavy atom. The summed E-state index contributed by atoms with van der Waals surface area (Å²) in [5.74, 6) is 0.198. The Morgan fingerprint density at radius 1 is 1.32 bits per heavy atom. The van der Waals surface area contributed by atoms with Crippen LogP contribution < -0.4 is 15.5 Å². The van der Waals surface area contributed by atoms with E-state index in [2.05, 4.69) is 10.6 Å². The highest BCUT2D eigenvalue weighted by molar-refractivity contribution is 8.00. The van der Waals surface area contributed by atoms with E-state index in [1.165, 1.54) is 11.8 Å². The molecular formula is C15H21N3O3S. The zero-order chi connectivity index (χ0) is 15.8. The minimum Gasteiger partial charge on any atom is -0.383 e. The van der Waals surface area contributed by atoms with Gasteiger partial charge in [-0.15, -0.1) is 11.8 Å². The molecule has 1 aliphatic heterocycles. The molecule has 2 amide bonds. The number of amides is 2. The van der Waals surface area contributed by atoms with E-state index in [4.69, 9.17) is 4.74 Å². The first-order chi connectivity index (χ1) is 10.7. The first-order valence-electron chi connectivity index (χ1n) is 7.21. The van der Waals surface area contributed by atoms with Crippen LogP contribution in [-0.4, -0.2) is 57.5 Å². The molecule has 1 aliphatic rings. The van der Waals surface area contributed by atoms with Gasteiger partial charge in [0.05, 0.1) is 18.0 Å². The maximum Gasteiger partial charge on any atom is 0.240 e. The van der Waals surface area contributed by atoms with E-state index in [0.717, 1.165) is 17.1 Å². The summed E-state index contributed by atoms with van der Waals surface area (Å²) in [6.45, 7) is 2.66. The van der Waals surface area contributed by atoms with Crippen LogP contribution in [0.4, 0.5) is 5.69 Å². The second kappa shape index (κ2) is 8.77. The van der Waals surface area contributed by atoms with Gasteiger partial charge in [0.15, 0.2) is 0 Å². The molecule has 120 valence electrons. The first-order valence-corrected chi connectivity index (χ1v) is 8.19. The first kappa shape index (κ1) is 16.8. The van der Waals surface area contributed by atoms with E-state index in [1.807, 2.05) is 24.3 Å². The van der Waals surface area contributed by atoms with Crippen LogP contribution >= 0.6 is 11.8 Å². The van der Waals surface area contributed by atoms with Crippen molar-refractivity contribution in [2.24, 2.45) is 0 Å². The summed E-state index contributed by atoms with van der Waals surface area (Å²) in [4.78, 5) is 26.6. The van der Waals surface area contributed by atoms with Crippen molar-refractivity contribution in [2.75, 3.05) is 50.5 Å². The molecule has 0 bridgehead atoms. The number of ether oxygens (including phenoxy) is 1. The van der Waals surface area contributed by atoms with Gasteiger partial charge in [-0.3, -0.25) is 9.59 Å². The maximum atomic E-state index is 12.0. The largest absolute Gasteiger partial charge is 0.383 e. The molecule has 0 aromatic heterocycles. The minimum atomic E-state index is -0.149. The van der Waals surface area contributed by atoms with Crippen molar-refractivity contribution in [2.45, 2.75) is 4.90 Å². The Kier molecular flexibility index (Phi) is 6.70. The monoisotopic (exact) mass is 323 g/mol. The highest BCUT2D eigenvalue weighted by Gasteiger charge is 2.25. The van der Waals surface area contributed by atoms with E-state index in [9.17, 15) is 9.59 Å². The fourth-order valence-electron chi connectivity index (χ4n) is 2.12. The molecule has 0 unspecified atom stereocenters. The zero-order valence-corrected chi connectivity index (χ0v) is 13.4. The summed E-state index contributed by atoms with van der Waals surface area (Å²) >= 11 is 1.51. The fraction of sp³-hybridized carbons (Fsp3) is 0.467. The van der Waals surface area contributed by atoms with Gasteiger partial charge in [0, 0.05) is 31.6 Å². The third kappa shape index (κ3) is 4.72. The minimum absolute atomic E-state index is 0.0305. The number of carbonyl (C=O) groups excluding carboxylic acids is 2. The Morgan fingerprint density at radius 2 is 2.14 bits per heavy atom. The molecule has 0 saturated heterocycles. The number of para-hydroxylation sites is 1. The molecule has 0 atom stereocenters. The number of fused-ring (bicyclic) bond motifs is 1. The number of methoxy groups -OCH3 is 1. The zero-order valence-electron chi connectivity index (χ0n) is 12.6. The third-order valence-electron chi connectivity index (χ3n) is 3.22. The van der Waals surface area contributed by atoms with Gasteiger partial charge in [0.25, 0.3) is 0 Å². The van der Waals surface area contributed by atoms with Crippen molar-refractivity contribution in [1.82, 2.24) is 10.6 Å². The second-order valence-electron chi connectivity index (χ2n) is 4.83. The van der Waals surface area contributed by atoms with E-state index in [0.29, 0.717) is 25.4 Å². The normalized spacial score (nSPS) is 13.9. The molecule has 0 fully saturated rings. The number of anilines is 1. The number of thioether (sulfide) groups is 1. The van der Waals surface area contributed by atoms with Gasteiger partial charge in [-0.2, -0.15) is 0 Å². The van der Waals surface area contributed by atoms with Crippen LogP contribution in [0, 0.1) is 0 Å². The second-order valence-corrected chi connectivity index (χ2v) is 5.85. The van der Waals surface area contributed by atoms with Crippen LogP contribution in [0.1, 0.15) is 0 Å². The maximum absolute atomic E-state index is 12.0. The molecule has 22 heavy (non-hydrogen) atoms. The summed E-state index contributed by atoms with van der Waals surface area (Å²) < 4.78 is 4.92. The molecular weight excluding hydrogens is 302 g/mol. The quantitative estimate of drug-likeness (QED) is 0.681. The number of nitrogens with zero attached hydrogens (tertiary/aromatic N) is 1. The van der Waals surface area contributed by atoms with E-state index in [1.54, 1.807) is 12.0 Å². The molecule has 0 aliphatic carbocycles. The third-order valence-corrected chi connectivity index (χ3v) is 4.26. The smallest absolute Gasteiger partial charge is 0.240 e. The summed E-state index contributed by atoms with van der Waals surface area (Å²) in [7, 11) is 1.65. The fourth-order valence-corrected chi connectivity index (χ4v) is 3.05. The number of nitrogens with one attached hydrogen (secondary N) is 2. The van der Waals surface area contributed by atoms with Gasteiger partial charge in [-0.05, 0) is 12.1 Å². The molecule has 6 nitrogen and oxygen atoms in total. The number of hydrogen-bond acceptors (Lipinski definition) is 5. The van der Waals surface area contributed by atoms with Gasteiger partial charge >= 0.3 is 0 Å². The van der Waals surface area contributed by atoms with Crippen molar-refractivity contribution in [3.05, 3.63) is 24.3 Å². The van der Waals surface area contributed by atoms with Crippen molar-refractivity contribution in [1.29, 1.82) is 0 Å². The van der Waals surface area contributed by atoms with Crippen LogP contribution in [0.25, 0.3) is 0 Å². The van der Waals surface area contributed by atoms with Crippen molar-refractivity contribution < 1.29 is 14.3 Å². The SMILES string of the molecule is COCCNCCNC(=O)CN1C(=O)CSc2ccccc21. The number of benzene rings is 1. The van der Waals surface area contributed by atoms with Crippen LogP contribution in [-0.2, 0) is 14.3 Å². The molecule has 1 aromatic carbocycles. The Labute approximate surface area is 134 Å². The van der Waals surface area contributed by atoms with E-state index < -0.39 is 0 Å². The predicted octanol–water partition coefficient (Wildman–Crippen LogP) is 0.478. The van der Waals surface area contributed by atoms with Gasteiger partial charge in [-0.25, -0.2) is 0 Å². The standard InChI is InChI=1S/C15H21N3O3S/c1-21-9-8-16-6-7-17-14(19)10-18-12-4-2-3-5-13(12)22-11-15(18)20/h2-5,16H,6-11H2,1H3,(H,17,19). The Balaban J connectivity index is 1.80. The molecule has 1 heterocycles. The molecule has 0 spiro atoms. The highest BCUT2D eigenvalue weighted by Crippen LogP contribution is 2.34. The number of hydrogen-bond donors (Lipinski definition) is 2. The number of carbonyl (C=O) groups is 2. The molecule has 2 rings (SSSR count). The van der Waals surface area contributed by atoms with Gasteiger partial charge in [-0.1, -0.05) is 12.1 Å². The molecule has 0 radical (unpaired) electrons. The lowest BCUT2D eigenvalue weighted by Gasteiger charge is -2.28. The predicted molar refractivity (Wildman–Crippen MR) is 87.3 cm³/mol. The number of rotatable bonds is 8. The Hall–Kier alpha value is -1.57. The average Bonchev–Trinajstić information content (AvgIpc) is 2.53. The molecule has 0 saturated carbocycles. The van der Waals surface area contributed by atoms with Gasteiger partial charge in [0.2, 0.25) is 11.8 Å². The highest BCUT2D eigenvalue weighted by atomic mass is 32.2. The summed E-state index contributed by atoms with van der Waals surface area (Å²) in [5.41, 5.74) is 0.817. The molecule has 7 heteroatoms. The van der Waals surface area contributed by atoms with Gasteiger partial charge in [0.1, 0.15) is 6.54 Å². The van der Waals surface area contributed by atoms with Crippen LogP contribution in [0.3, 0.4) is 0 Å². The van der Waals surface area contributed by atoms with Crippen molar-refractivity contribution >= 4 is 29.3 Å². The van der Waals surface area contributed by atoms with Crippen molar-refractivity contribution in [3.63, 3.8) is 0 Å². The summed E-state index contributed by atoms with van der Waals surface area (Å²) in [6.07, 6.45) is 0. The Bertz CT molecular complexity index is 525. The van der Waals surface area contributed by atoms with Crippen LogP contribution in [0.5, 0.6) is 0 Å². The van der Waals surface area contributed by atoms with Crippen molar-refractivity contribution in [3.8, 4) is 0 Å². The van der Waals surface area contributed by atoms with Gasteiger partial charge < -0.3 is 20.3 Å². The molecule has 1 aromatic rings. The van der Waals surface area contributed by atoms with Crippen LogP contribution in [0.2, 0.25) is 0 Å².